The molecule has 0 bridgehead atoms. The standard InChI is InChI=1S/C18H27NO4/c1-18(2,3)23-17(21)19-10-9-16(14-7-5-4-6-8-14)15(11-19)12-22-13-20/h4-8,15-16,20H,9-13H2,1-3H3. The maximum absolute atomic E-state index is 12.3. The Morgan fingerprint density at radius 1 is 1.30 bits per heavy atom. The van der Waals surface area contributed by atoms with Gasteiger partial charge in [0.1, 0.15) is 12.4 Å². The summed E-state index contributed by atoms with van der Waals surface area (Å²) >= 11 is 0. The first-order chi connectivity index (χ1) is 10.9. The fourth-order valence-corrected chi connectivity index (χ4v) is 3.04. The zero-order valence-electron chi connectivity index (χ0n) is 14.2. The molecule has 0 aromatic heterocycles. The topological polar surface area (TPSA) is 59.0 Å². The van der Waals surface area contributed by atoms with Gasteiger partial charge >= 0.3 is 6.09 Å². The van der Waals surface area contributed by atoms with E-state index in [1.165, 1.54) is 5.56 Å². The van der Waals surface area contributed by atoms with Gasteiger partial charge in [0.2, 0.25) is 0 Å². The second-order valence-corrected chi connectivity index (χ2v) is 6.99. The lowest BCUT2D eigenvalue weighted by atomic mass is 9.81. The molecular formula is C18H27NO4. The van der Waals surface area contributed by atoms with Gasteiger partial charge in [-0.2, -0.15) is 0 Å². The van der Waals surface area contributed by atoms with Gasteiger partial charge < -0.3 is 19.5 Å². The number of piperidine rings is 1. The van der Waals surface area contributed by atoms with Crippen LogP contribution >= 0.6 is 0 Å². The number of aliphatic hydroxyl groups excluding tert-OH is 1. The summed E-state index contributed by atoms with van der Waals surface area (Å²) in [6.45, 7) is 6.98. The van der Waals surface area contributed by atoms with Crippen molar-refractivity contribution in [1.82, 2.24) is 4.90 Å². The highest BCUT2D eigenvalue weighted by Gasteiger charge is 2.34. The van der Waals surface area contributed by atoms with E-state index in [0.717, 1.165) is 6.42 Å². The second kappa shape index (κ2) is 7.79. The number of likely N-dealkylation sites (tertiary alicyclic amines) is 1. The lowest BCUT2D eigenvalue weighted by Gasteiger charge is -2.39. The zero-order chi connectivity index (χ0) is 16.9. The summed E-state index contributed by atoms with van der Waals surface area (Å²) in [6, 6.07) is 10.3. The first-order valence-electron chi connectivity index (χ1n) is 8.12. The average Bonchev–Trinajstić information content (AvgIpc) is 2.52. The molecule has 2 unspecified atom stereocenters. The zero-order valence-corrected chi connectivity index (χ0v) is 14.2. The van der Waals surface area contributed by atoms with E-state index in [4.69, 9.17) is 14.6 Å². The van der Waals surface area contributed by atoms with Crippen molar-refractivity contribution in [1.29, 1.82) is 0 Å². The summed E-state index contributed by atoms with van der Waals surface area (Å²) < 4.78 is 10.7. The van der Waals surface area contributed by atoms with Crippen LogP contribution in [-0.4, -0.2) is 48.2 Å². The summed E-state index contributed by atoms with van der Waals surface area (Å²) in [6.07, 6.45) is 0.584. The number of amides is 1. The molecule has 2 rings (SSSR count). The van der Waals surface area contributed by atoms with Gasteiger partial charge in [-0.25, -0.2) is 4.79 Å². The minimum Gasteiger partial charge on any atom is -0.444 e. The van der Waals surface area contributed by atoms with E-state index < -0.39 is 5.60 Å². The van der Waals surface area contributed by atoms with Crippen LogP contribution in [0.15, 0.2) is 30.3 Å². The molecule has 5 nitrogen and oxygen atoms in total. The quantitative estimate of drug-likeness (QED) is 0.866. The monoisotopic (exact) mass is 321 g/mol. The van der Waals surface area contributed by atoms with Crippen LogP contribution in [-0.2, 0) is 9.47 Å². The van der Waals surface area contributed by atoms with Crippen LogP contribution in [0.25, 0.3) is 0 Å². The lowest BCUT2D eigenvalue weighted by Crippen LogP contribution is -2.46. The van der Waals surface area contributed by atoms with E-state index in [1.54, 1.807) is 4.90 Å². The molecule has 1 amide bonds. The fourth-order valence-electron chi connectivity index (χ4n) is 3.04. The predicted octanol–water partition coefficient (Wildman–Crippen LogP) is 2.99. The average molecular weight is 321 g/mol. The van der Waals surface area contributed by atoms with Gasteiger partial charge in [-0.1, -0.05) is 30.3 Å². The molecule has 1 fully saturated rings. The molecule has 1 aromatic carbocycles. The number of carbonyl (C=O) groups excluding carboxylic acids is 1. The number of benzene rings is 1. The number of ether oxygens (including phenoxy) is 2. The molecule has 5 heteroatoms. The molecule has 2 atom stereocenters. The van der Waals surface area contributed by atoms with Crippen molar-refractivity contribution in [3.05, 3.63) is 35.9 Å². The molecule has 1 aromatic rings. The minimum absolute atomic E-state index is 0.144. The number of hydrogen-bond acceptors (Lipinski definition) is 4. The number of rotatable bonds is 4. The largest absolute Gasteiger partial charge is 0.444 e. The molecule has 1 aliphatic heterocycles. The van der Waals surface area contributed by atoms with Crippen molar-refractivity contribution in [3.63, 3.8) is 0 Å². The fraction of sp³-hybridized carbons (Fsp3) is 0.611. The molecule has 0 saturated carbocycles. The summed E-state index contributed by atoms with van der Waals surface area (Å²) in [5.41, 5.74) is 0.757. The Hall–Kier alpha value is -1.59. The van der Waals surface area contributed by atoms with Crippen molar-refractivity contribution >= 4 is 6.09 Å². The SMILES string of the molecule is CC(C)(C)OC(=O)N1CCC(c2ccccc2)C(COCO)C1. The Morgan fingerprint density at radius 3 is 2.61 bits per heavy atom. The Kier molecular flexibility index (Phi) is 6.02. The van der Waals surface area contributed by atoms with E-state index in [0.29, 0.717) is 25.6 Å². The highest BCUT2D eigenvalue weighted by atomic mass is 16.6. The molecule has 1 heterocycles. The normalized spacial score (nSPS) is 22.0. The van der Waals surface area contributed by atoms with Crippen LogP contribution in [0.1, 0.15) is 38.7 Å². The predicted molar refractivity (Wildman–Crippen MR) is 88.1 cm³/mol. The molecule has 1 saturated heterocycles. The molecule has 0 aliphatic carbocycles. The smallest absolute Gasteiger partial charge is 0.410 e. The van der Waals surface area contributed by atoms with Crippen LogP contribution < -0.4 is 0 Å². The Bertz CT molecular complexity index is 497. The van der Waals surface area contributed by atoms with Crippen LogP contribution in [0.2, 0.25) is 0 Å². The minimum atomic E-state index is -0.496. The second-order valence-electron chi connectivity index (χ2n) is 6.99. The Labute approximate surface area is 138 Å². The third-order valence-electron chi connectivity index (χ3n) is 4.04. The van der Waals surface area contributed by atoms with E-state index in [-0.39, 0.29) is 18.8 Å². The summed E-state index contributed by atoms with van der Waals surface area (Å²) in [4.78, 5) is 14.0. The summed E-state index contributed by atoms with van der Waals surface area (Å²) in [7, 11) is 0. The van der Waals surface area contributed by atoms with Crippen molar-refractivity contribution < 1.29 is 19.4 Å². The number of hydrogen-bond donors (Lipinski definition) is 1. The highest BCUT2D eigenvalue weighted by Crippen LogP contribution is 2.33. The third-order valence-corrected chi connectivity index (χ3v) is 4.04. The number of nitrogens with zero attached hydrogens (tertiary/aromatic N) is 1. The van der Waals surface area contributed by atoms with Crippen molar-refractivity contribution in [2.45, 2.75) is 38.7 Å². The molecule has 1 N–H and O–H groups in total. The van der Waals surface area contributed by atoms with Crippen LogP contribution in [0.5, 0.6) is 0 Å². The van der Waals surface area contributed by atoms with Crippen molar-refractivity contribution in [2.24, 2.45) is 5.92 Å². The van der Waals surface area contributed by atoms with Crippen LogP contribution in [0.3, 0.4) is 0 Å². The van der Waals surface area contributed by atoms with E-state index in [1.807, 2.05) is 39.0 Å². The number of aliphatic hydroxyl groups is 1. The lowest BCUT2D eigenvalue weighted by molar-refractivity contribution is -0.0368. The van der Waals surface area contributed by atoms with E-state index in [2.05, 4.69) is 12.1 Å². The van der Waals surface area contributed by atoms with Crippen LogP contribution in [0, 0.1) is 5.92 Å². The van der Waals surface area contributed by atoms with Crippen molar-refractivity contribution in [3.8, 4) is 0 Å². The summed E-state index contributed by atoms with van der Waals surface area (Å²) in [5.74, 6) is 0.465. The maximum atomic E-state index is 12.3. The maximum Gasteiger partial charge on any atom is 0.410 e. The molecule has 23 heavy (non-hydrogen) atoms. The van der Waals surface area contributed by atoms with Gasteiger partial charge in [0.05, 0.1) is 6.61 Å². The molecular weight excluding hydrogens is 294 g/mol. The molecule has 0 radical (unpaired) electrons. The van der Waals surface area contributed by atoms with Gasteiger partial charge in [0, 0.05) is 19.0 Å². The summed E-state index contributed by atoms with van der Waals surface area (Å²) in [5, 5.41) is 8.95. The molecule has 128 valence electrons. The van der Waals surface area contributed by atoms with E-state index in [9.17, 15) is 4.79 Å². The van der Waals surface area contributed by atoms with Gasteiger partial charge in [0.15, 0.2) is 0 Å². The number of carbonyl (C=O) groups is 1. The van der Waals surface area contributed by atoms with Gasteiger partial charge in [-0.3, -0.25) is 0 Å². The Morgan fingerprint density at radius 2 is 2.00 bits per heavy atom. The van der Waals surface area contributed by atoms with Gasteiger partial charge in [-0.05, 0) is 38.7 Å². The third kappa shape index (κ3) is 5.22. The Balaban J connectivity index is 2.07. The van der Waals surface area contributed by atoms with Gasteiger partial charge in [0.25, 0.3) is 0 Å². The van der Waals surface area contributed by atoms with Crippen molar-refractivity contribution in [2.75, 3.05) is 26.5 Å². The van der Waals surface area contributed by atoms with Gasteiger partial charge in [-0.15, -0.1) is 0 Å². The van der Waals surface area contributed by atoms with Crippen LogP contribution in [0.4, 0.5) is 4.79 Å². The molecule has 1 aliphatic rings. The first-order valence-corrected chi connectivity index (χ1v) is 8.12. The molecule has 0 spiro atoms. The highest BCUT2D eigenvalue weighted by molar-refractivity contribution is 5.68. The van der Waals surface area contributed by atoms with E-state index >= 15 is 0 Å². The first kappa shape index (κ1) is 17.8.